The Morgan fingerprint density at radius 2 is 1.92 bits per heavy atom. The summed E-state index contributed by atoms with van der Waals surface area (Å²) in [6.45, 7) is 0. The van der Waals surface area contributed by atoms with Gasteiger partial charge in [-0.1, -0.05) is 6.07 Å². The second-order valence-corrected chi connectivity index (χ2v) is 5.75. The summed E-state index contributed by atoms with van der Waals surface area (Å²) in [5.41, 5.74) is 15.8. The van der Waals surface area contributed by atoms with Crippen molar-refractivity contribution in [3.63, 3.8) is 0 Å². The van der Waals surface area contributed by atoms with Gasteiger partial charge in [0.15, 0.2) is 0 Å². The van der Waals surface area contributed by atoms with E-state index in [9.17, 15) is 0 Å². The first-order chi connectivity index (χ1) is 12.2. The number of rotatable bonds is 3. The van der Waals surface area contributed by atoms with E-state index in [1.54, 1.807) is 13.4 Å². The van der Waals surface area contributed by atoms with Crippen LogP contribution in [0.4, 0.5) is 17.3 Å². The van der Waals surface area contributed by atoms with Crippen LogP contribution in [0.25, 0.3) is 0 Å². The maximum Gasteiger partial charge on any atom is 0.227 e. The zero-order valence-electron chi connectivity index (χ0n) is 13.7. The Kier molecular flexibility index (Phi) is 3.66. The molecule has 0 radical (unpaired) electrons. The predicted molar refractivity (Wildman–Crippen MR) is 98.2 cm³/mol. The second kappa shape index (κ2) is 5.99. The van der Waals surface area contributed by atoms with Gasteiger partial charge in [0.05, 0.1) is 18.9 Å². The topological polar surface area (TPSA) is 90.0 Å². The average molecular weight is 334 g/mol. The lowest BCUT2D eigenvalue weighted by molar-refractivity contribution is 0.415. The molecule has 1 aliphatic heterocycles. The Balaban J connectivity index is 1.87. The van der Waals surface area contributed by atoms with Crippen molar-refractivity contribution in [1.29, 1.82) is 0 Å². The van der Waals surface area contributed by atoms with E-state index in [2.05, 4.69) is 4.99 Å². The summed E-state index contributed by atoms with van der Waals surface area (Å²) in [5.74, 6) is 2.00. The number of hydrogen-bond acceptors (Lipinski definition) is 6. The van der Waals surface area contributed by atoms with Gasteiger partial charge in [0.1, 0.15) is 17.8 Å². The lowest BCUT2D eigenvalue weighted by Gasteiger charge is -2.34. The first-order valence-corrected chi connectivity index (χ1v) is 7.88. The lowest BCUT2D eigenvalue weighted by atomic mass is 10.1. The number of methoxy groups -OCH3 is 1. The van der Waals surface area contributed by atoms with Crippen LogP contribution in [0.3, 0.4) is 0 Å². The van der Waals surface area contributed by atoms with Crippen molar-refractivity contribution in [3.05, 3.63) is 72.0 Å². The molecule has 1 atom stereocenters. The van der Waals surface area contributed by atoms with Crippen LogP contribution in [0.1, 0.15) is 17.3 Å². The molecule has 2 heterocycles. The molecule has 2 aromatic carbocycles. The van der Waals surface area contributed by atoms with Gasteiger partial charge in [-0.05, 0) is 48.5 Å². The van der Waals surface area contributed by atoms with E-state index in [-0.39, 0.29) is 0 Å². The first-order valence-electron chi connectivity index (χ1n) is 7.88. The minimum absolute atomic E-state index is 0.426. The fraction of sp³-hybridized carbons (Fsp3) is 0.105. The minimum atomic E-state index is -0.426. The maximum absolute atomic E-state index is 6.52. The highest BCUT2D eigenvalue weighted by molar-refractivity contribution is 6.12. The van der Waals surface area contributed by atoms with E-state index in [1.165, 1.54) is 0 Å². The van der Waals surface area contributed by atoms with Gasteiger partial charge in [0, 0.05) is 16.9 Å². The molecule has 6 nitrogen and oxygen atoms in total. The normalized spacial score (nSPS) is 16.3. The molecule has 6 heteroatoms. The monoisotopic (exact) mass is 334 g/mol. The Hall–Kier alpha value is -3.25. The molecule has 0 saturated carbocycles. The first kappa shape index (κ1) is 15.3. The number of hydrogen-bond donors (Lipinski definition) is 2. The van der Waals surface area contributed by atoms with Gasteiger partial charge in [-0.15, -0.1) is 0 Å². The molecule has 0 saturated heterocycles. The largest absolute Gasteiger partial charge is 0.497 e. The smallest absolute Gasteiger partial charge is 0.227 e. The minimum Gasteiger partial charge on any atom is -0.497 e. The number of nitrogen functional groups attached to an aromatic ring is 1. The van der Waals surface area contributed by atoms with Crippen LogP contribution < -0.4 is 21.1 Å². The number of amidine groups is 1. The molecule has 0 spiro atoms. The van der Waals surface area contributed by atoms with E-state index < -0.39 is 6.17 Å². The summed E-state index contributed by atoms with van der Waals surface area (Å²) < 4.78 is 10.7. The van der Waals surface area contributed by atoms with Crippen LogP contribution in [-0.4, -0.2) is 12.9 Å². The fourth-order valence-corrected chi connectivity index (χ4v) is 2.95. The van der Waals surface area contributed by atoms with Crippen molar-refractivity contribution < 1.29 is 9.15 Å². The number of anilines is 2. The molecular weight excluding hydrogens is 316 g/mol. The van der Waals surface area contributed by atoms with Gasteiger partial charge in [-0.2, -0.15) is 4.99 Å². The summed E-state index contributed by atoms with van der Waals surface area (Å²) in [7, 11) is 1.64. The molecule has 1 aliphatic rings. The third kappa shape index (κ3) is 2.62. The van der Waals surface area contributed by atoms with Crippen LogP contribution in [0.2, 0.25) is 0 Å². The molecule has 3 aromatic rings. The van der Waals surface area contributed by atoms with Crippen LogP contribution in [0.15, 0.2) is 70.3 Å². The number of benzene rings is 2. The van der Waals surface area contributed by atoms with E-state index in [4.69, 9.17) is 20.6 Å². The van der Waals surface area contributed by atoms with Crippen molar-refractivity contribution in [2.24, 2.45) is 10.7 Å². The number of ether oxygens (including phenoxy) is 1. The molecule has 4 rings (SSSR count). The highest BCUT2D eigenvalue weighted by Crippen LogP contribution is 2.37. The zero-order valence-corrected chi connectivity index (χ0v) is 13.7. The highest BCUT2D eigenvalue weighted by atomic mass is 16.5. The number of nitrogens with zero attached hydrogens (tertiary/aromatic N) is 2. The molecule has 0 bridgehead atoms. The highest BCUT2D eigenvalue weighted by Gasteiger charge is 2.31. The standard InChI is InChI=1S/C19H18N4O2/c1-24-15-7-5-12(6-8-15)18-22-19-16(9-10-25-19)17(21)23(18)14-4-2-3-13(20)11-14/h2-11,17H,20-21H2,1H3. The predicted octanol–water partition coefficient (Wildman–Crippen LogP) is 3.43. The van der Waals surface area contributed by atoms with Gasteiger partial charge >= 0.3 is 0 Å². The summed E-state index contributed by atoms with van der Waals surface area (Å²) in [6.07, 6.45) is 1.17. The van der Waals surface area contributed by atoms with Gasteiger partial charge in [0.25, 0.3) is 0 Å². The summed E-state index contributed by atoms with van der Waals surface area (Å²) in [4.78, 5) is 6.64. The molecule has 1 aromatic heterocycles. The summed E-state index contributed by atoms with van der Waals surface area (Å²) >= 11 is 0. The van der Waals surface area contributed by atoms with Gasteiger partial charge in [-0.25, -0.2) is 0 Å². The van der Waals surface area contributed by atoms with Crippen LogP contribution in [-0.2, 0) is 0 Å². The maximum atomic E-state index is 6.52. The molecular formula is C19H18N4O2. The Labute approximate surface area is 145 Å². The van der Waals surface area contributed by atoms with Crippen molar-refractivity contribution >= 4 is 23.1 Å². The number of nitrogens with two attached hydrogens (primary N) is 2. The van der Waals surface area contributed by atoms with E-state index >= 15 is 0 Å². The van der Waals surface area contributed by atoms with Gasteiger partial charge in [-0.3, -0.25) is 0 Å². The van der Waals surface area contributed by atoms with Crippen molar-refractivity contribution in [1.82, 2.24) is 0 Å². The third-order valence-corrected chi connectivity index (χ3v) is 4.20. The van der Waals surface area contributed by atoms with Crippen LogP contribution >= 0.6 is 0 Å². The van der Waals surface area contributed by atoms with Crippen LogP contribution in [0, 0.1) is 0 Å². The molecule has 0 amide bonds. The van der Waals surface area contributed by atoms with Crippen molar-refractivity contribution in [2.75, 3.05) is 17.7 Å². The van der Waals surface area contributed by atoms with Crippen molar-refractivity contribution in [3.8, 4) is 5.75 Å². The molecule has 0 fully saturated rings. The number of furan rings is 1. The third-order valence-electron chi connectivity index (χ3n) is 4.20. The Bertz CT molecular complexity index is 931. The van der Waals surface area contributed by atoms with Crippen LogP contribution in [0.5, 0.6) is 5.75 Å². The average Bonchev–Trinajstić information content (AvgIpc) is 3.11. The van der Waals surface area contributed by atoms with Gasteiger partial charge < -0.3 is 25.5 Å². The molecule has 0 aliphatic carbocycles. The number of fused-ring (bicyclic) bond motifs is 1. The molecule has 25 heavy (non-hydrogen) atoms. The molecule has 4 N–H and O–H groups in total. The quantitative estimate of drug-likeness (QED) is 0.716. The fourth-order valence-electron chi connectivity index (χ4n) is 2.95. The van der Waals surface area contributed by atoms with E-state index in [0.717, 1.165) is 22.6 Å². The van der Waals surface area contributed by atoms with E-state index in [1.807, 2.05) is 59.5 Å². The molecule has 126 valence electrons. The Morgan fingerprint density at radius 1 is 1.12 bits per heavy atom. The zero-order chi connectivity index (χ0) is 17.4. The van der Waals surface area contributed by atoms with Crippen molar-refractivity contribution in [2.45, 2.75) is 6.17 Å². The van der Waals surface area contributed by atoms with E-state index in [0.29, 0.717) is 17.4 Å². The SMILES string of the molecule is COc1ccc(C2=Nc3occc3C(N)N2c2cccc(N)c2)cc1. The Morgan fingerprint density at radius 3 is 2.64 bits per heavy atom. The summed E-state index contributed by atoms with van der Waals surface area (Å²) in [5, 5.41) is 0. The second-order valence-electron chi connectivity index (χ2n) is 5.75. The summed E-state index contributed by atoms with van der Waals surface area (Å²) in [6, 6.07) is 17.1. The molecule has 1 unspecified atom stereocenters. The number of aliphatic imine (C=N–C) groups is 1. The van der Waals surface area contributed by atoms with Gasteiger partial charge in [0.2, 0.25) is 5.88 Å². The lowest BCUT2D eigenvalue weighted by Crippen LogP contribution is -2.42.